The van der Waals surface area contributed by atoms with E-state index in [9.17, 15) is 14.4 Å². The smallest absolute Gasteiger partial charge is 0.337 e. The van der Waals surface area contributed by atoms with Gasteiger partial charge in [-0.2, -0.15) is 0 Å². The van der Waals surface area contributed by atoms with E-state index in [1.165, 1.54) is 13.2 Å². The molecule has 0 bridgehead atoms. The van der Waals surface area contributed by atoms with Crippen LogP contribution in [0.1, 0.15) is 37.4 Å². The van der Waals surface area contributed by atoms with Crippen molar-refractivity contribution in [1.29, 1.82) is 0 Å². The van der Waals surface area contributed by atoms with Crippen molar-refractivity contribution in [3.8, 4) is 0 Å². The molecule has 2 rings (SSSR count). The number of amides is 2. The first kappa shape index (κ1) is 19.2. The zero-order chi connectivity index (χ0) is 19.3. The van der Waals surface area contributed by atoms with Crippen molar-refractivity contribution < 1.29 is 19.1 Å². The second-order valence-electron chi connectivity index (χ2n) is 6.12. The third-order valence-electron chi connectivity index (χ3n) is 4.21. The van der Waals surface area contributed by atoms with E-state index in [0.717, 1.165) is 16.7 Å². The van der Waals surface area contributed by atoms with Crippen LogP contribution in [0.25, 0.3) is 0 Å². The maximum Gasteiger partial charge on any atom is 0.337 e. The monoisotopic (exact) mass is 354 g/mol. The van der Waals surface area contributed by atoms with Gasteiger partial charge in [-0.05, 0) is 48.7 Å². The maximum atomic E-state index is 12.5. The molecule has 0 radical (unpaired) electrons. The molecule has 0 heterocycles. The highest BCUT2D eigenvalue weighted by Gasteiger charge is 2.20. The number of nitrogens with one attached hydrogen (secondary N) is 1. The molecule has 2 aromatic rings. The molecule has 0 saturated carbocycles. The minimum Gasteiger partial charge on any atom is -0.465 e. The Morgan fingerprint density at radius 1 is 1.04 bits per heavy atom. The molecule has 1 atom stereocenters. The van der Waals surface area contributed by atoms with Crippen LogP contribution in [0.3, 0.4) is 0 Å². The average Bonchev–Trinajstić information content (AvgIpc) is 2.63. The van der Waals surface area contributed by atoms with Gasteiger partial charge in [0.2, 0.25) is 5.91 Å². The molecule has 0 unspecified atom stereocenters. The summed E-state index contributed by atoms with van der Waals surface area (Å²) in [4.78, 5) is 35.8. The summed E-state index contributed by atoms with van der Waals surface area (Å²) < 4.78 is 4.65. The van der Waals surface area contributed by atoms with Gasteiger partial charge in [-0.15, -0.1) is 0 Å². The van der Waals surface area contributed by atoms with Crippen molar-refractivity contribution in [2.24, 2.45) is 5.73 Å². The summed E-state index contributed by atoms with van der Waals surface area (Å²) >= 11 is 0. The standard InChI is InChI=1S/C20H22N2O4/c1-12-7-8-14(9-13(12)2)10-17(18(21)23)22-19(24)15-5-4-6-16(11-15)20(25)26-3/h4-9,11,17H,10H2,1-3H3,(H2,21,23)(H,22,24)/t17-/m0/s1. The first-order valence-corrected chi connectivity index (χ1v) is 8.16. The number of carbonyl (C=O) groups is 3. The Morgan fingerprint density at radius 2 is 1.73 bits per heavy atom. The fourth-order valence-corrected chi connectivity index (χ4v) is 2.54. The lowest BCUT2D eigenvalue weighted by molar-refractivity contribution is -0.119. The van der Waals surface area contributed by atoms with Gasteiger partial charge >= 0.3 is 5.97 Å². The summed E-state index contributed by atoms with van der Waals surface area (Å²) in [7, 11) is 1.27. The van der Waals surface area contributed by atoms with Crippen LogP contribution >= 0.6 is 0 Å². The highest BCUT2D eigenvalue weighted by atomic mass is 16.5. The average molecular weight is 354 g/mol. The number of nitrogens with two attached hydrogens (primary N) is 1. The Kier molecular flexibility index (Phi) is 6.11. The number of rotatable bonds is 6. The Labute approximate surface area is 152 Å². The van der Waals surface area contributed by atoms with E-state index < -0.39 is 23.8 Å². The van der Waals surface area contributed by atoms with Gasteiger partial charge in [-0.1, -0.05) is 24.3 Å². The second kappa shape index (κ2) is 8.29. The maximum absolute atomic E-state index is 12.5. The van der Waals surface area contributed by atoms with Gasteiger partial charge in [0, 0.05) is 12.0 Å². The zero-order valence-electron chi connectivity index (χ0n) is 15.0. The van der Waals surface area contributed by atoms with Crippen LogP contribution in [0.2, 0.25) is 0 Å². The lowest BCUT2D eigenvalue weighted by Crippen LogP contribution is -2.45. The molecule has 0 aromatic heterocycles. The van der Waals surface area contributed by atoms with Gasteiger partial charge in [-0.3, -0.25) is 9.59 Å². The molecule has 0 spiro atoms. The summed E-state index contributed by atoms with van der Waals surface area (Å²) in [5.74, 6) is -1.65. The lowest BCUT2D eigenvalue weighted by Gasteiger charge is -2.16. The van der Waals surface area contributed by atoms with E-state index in [1.807, 2.05) is 32.0 Å². The van der Waals surface area contributed by atoms with Gasteiger partial charge in [0.25, 0.3) is 5.91 Å². The molecule has 6 heteroatoms. The largest absolute Gasteiger partial charge is 0.465 e. The molecule has 0 aliphatic carbocycles. The molecule has 26 heavy (non-hydrogen) atoms. The lowest BCUT2D eigenvalue weighted by atomic mass is 10.00. The van der Waals surface area contributed by atoms with Crippen LogP contribution in [-0.4, -0.2) is 30.9 Å². The predicted octanol–water partition coefficient (Wildman–Crippen LogP) is 1.92. The summed E-state index contributed by atoms with van der Waals surface area (Å²) in [6.45, 7) is 3.98. The van der Waals surface area contributed by atoms with E-state index in [4.69, 9.17) is 5.73 Å². The first-order chi connectivity index (χ1) is 12.3. The molecule has 0 fully saturated rings. The number of methoxy groups -OCH3 is 1. The molecule has 2 amide bonds. The van der Waals surface area contributed by atoms with E-state index >= 15 is 0 Å². The molecule has 3 N–H and O–H groups in total. The van der Waals surface area contributed by atoms with E-state index in [-0.39, 0.29) is 11.1 Å². The van der Waals surface area contributed by atoms with Crippen molar-refractivity contribution in [3.63, 3.8) is 0 Å². The number of benzene rings is 2. The fraction of sp³-hybridized carbons (Fsp3) is 0.250. The molecular weight excluding hydrogens is 332 g/mol. The summed E-state index contributed by atoms with van der Waals surface area (Å²) in [5.41, 5.74) is 9.10. The van der Waals surface area contributed by atoms with Crippen molar-refractivity contribution >= 4 is 17.8 Å². The van der Waals surface area contributed by atoms with Gasteiger partial charge in [0.05, 0.1) is 12.7 Å². The minimum absolute atomic E-state index is 0.249. The number of hydrogen-bond donors (Lipinski definition) is 2. The van der Waals surface area contributed by atoms with Crippen molar-refractivity contribution in [2.45, 2.75) is 26.3 Å². The van der Waals surface area contributed by atoms with Crippen LogP contribution < -0.4 is 11.1 Å². The van der Waals surface area contributed by atoms with Crippen LogP contribution in [0, 0.1) is 13.8 Å². The Morgan fingerprint density at radius 3 is 2.35 bits per heavy atom. The van der Waals surface area contributed by atoms with Crippen molar-refractivity contribution in [3.05, 3.63) is 70.3 Å². The van der Waals surface area contributed by atoms with E-state index in [2.05, 4.69) is 10.1 Å². The van der Waals surface area contributed by atoms with Gasteiger partial charge < -0.3 is 15.8 Å². The van der Waals surface area contributed by atoms with Gasteiger partial charge in [-0.25, -0.2) is 4.79 Å². The number of ether oxygens (including phenoxy) is 1. The molecule has 0 aliphatic heterocycles. The SMILES string of the molecule is COC(=O)c1cccc(C(=O)N[C@@H](Cc2ccc(C)c(C)c2)C(N)=O)c1. The number of primary amides is 1. The predicted molar refractivity (Wildman–Crippen MR) is 97.9 cm³/mol. The zero-order valence-corrected chi connectivity index (χ0v) is 15.0. The first-order valence-electron chi connectivity index (χ1n) is 8.16. The van der Waals surface area contributed by atoms with E-state index in [1.54, 1.807) is 18.2 Å². The molecule has 0 aliphatic rings. The minimum atomic E-state index is -0.855. The van der Waals surface area contributed by atoms with Crippen LogP contribution in [0.5, 0.6) is 0 Å². The highest BCUT2D eigenvalue weighted by Crippen LogP contribution is 2.12. The number of carbonyl (C=O) groups excluding carboxylic acids is 3. The molecule has 6 nitrogen and oxygen atoms in total. The second-order valence-corrected chi connectivity index (χ2v) is 6.12. The molecule has 136 valence electrons. The number of hydrogen-bond acceptors (Lipinski definition) is 4. The van der Waals surface area contributed by atoms with Crippen molar-refractivity contribution in [2.75, 3.05) is 7.11 Å². The summed E-state index contributed by atoms with van der Waals surface area (Å²) in [6, 6.07) is 11.1. The topological polar surface area (TPSA) is 98.5 Å². The third-order valence-corrected chi connectivity index (χ3v) is 4.21. The summed E-state index contributed by atoms with van der Waals surface area (Å²) in [6.07, 6.45) is 0.291. The Hall–Kier alpha value is -3.15. The normalized spacial score (nSPS) is 11.5. The van der Waals surface area contributed by atoms with Crippen LogP contribution in [0.15, 0.2) is 42.5 Å². The molecule has 2 aromatic carbocycles. The highest BCUT2D eigenvalue weighted by molar-refractivity contribution is 5.99. The Balaban J connectivity index is 2.16. The van der Waals surface area contributed by atoms with Crippen molar-refractivity contribution in [1.82, 2.24) is 5.32 Å². The molecular formula is C20H22N2O4. The fourth-order valence-electron chi connectivity index (χ4n) is 2.54. The summed E-state index contributed by atoms with van der Waals surface area (Å²) in [5, 5.41) is 2.63. The molecule has 0 saturated heterocycles. The van der Waals surface area contributed by atoms with Crippen LogP contribution in [0.4, 0.5) is 0 Å². The number of aryl methyl sites for hydroxylation is 2. The number of esters is 1. The van der Waals surface area contributed by atoms with Crippen LogP contribution in [-0.2, 0) is 16.0 Å². The van der Waals surface area contributed by atoms with E-state index in [0.29, 0.717) is 6.42 Å². The third kappa shape index (κ3) is 4.69. The van der Waals surface area contributed by atoms with Gasteiger partial charge in [0.1, 0.15) is 6.04 Å². The van der Waals surface area contributed by atoms with Gasteiger partial charge in [0.15, 0.2) is 0 Å². The quantitative estimate of drug-likeness (QED) is 0.774. The Bertz CT molecular complexity index is 845.